The van der Waals surface area contributed by atoms with Crippen LogP contribution in [-0.2, 0) is 11.3 Å². The Labute approximate surface area is 121 Å². The van der Waals surface area contributed by atoms with E-state index in [1.807, 2.05) is 0 Å². The van der Waals surface area contributed by atoms with E-state index in [0.717, 1.165) is 44.5 Å². The minimum absolute atomic E-state index is 0.213. The first-order valence-corrected chi connectivity index (χ1v) is 7.77. The third-order valence-electron chi connectivity index (χ3n) is 3.84. The van der Waals surface area contributed by atoms with Gasteiger partial charge in [0, 0.05) is 31.7 Å². The molecule has 5 heteroatoms. The Kier molecular flexibility index (Phi) is 5.59. The van der Waals surface area contributed by atoms with Crippen LogP contribution in [0.1, 0.15) is 51.3 Å². The molecule has 0 spiro atoms. The number of hydrogen-bond donors (Lipinski definition) is 2. The second kappa shape index (κ2) is 7.43. The first kappa shape index (κ1) is 15.0. The quantitative estimate of drug-likeness (QED) is 0.678. The molecule has 0 unspecified atom stereocenters. The van der Waals surface area contributed by atoms with Gasteiger partial charge >= 0.3 is 0 Å². The molecule has 0 aromatic carbocycles. The molecule has 1 saturated carbocycles. The Balaban J connectivity index is 1.62. The lowest BCUT2D eigenvalue weighted by molar-refractivity contribution is -0.122. The molecule has 1 aromatic rings. The van der Waals surface area contributed by atoms with E-state index in [-0.39, 0.29) is 5.91 Å². The molecule has 0 aliphatic heterocycles. The normalized spacial score (nSPS) is 14.8. The van der Waals surface area contributed by atoms with Crippen molar-refractivity contribution in [1.82, 2.24) is 20.4 Å². The lowest BCUT2D eigenvalue weighted by Crippen LogP contribution is -2.32. The smallest absolute Gasteiger partial charge is 0.223 e. The van der Waals surface area contributed by atoms with Gasteiger partial charge in [0.15, 0.2) is 0 Å². The SMILES string of the molecule is CCC(CC)n1ccc(CNCCNC(=O)C2CC2)n1. The summed E-state index contributed by atoms with van der Waals surface area (Å²) in [4.78, 5) is 11.4. The molecule has 1 fully saturated rings. The van der Waals surface area contributed by atoms with Crippen molar-refractivity contribution in [1.29, 1.82) is 0 Å². The summed E-state index contributed by atoms with van der Waals surface area (Å²) in [6.45, 7) is 6.62. The molecule has 1 aliphatic carbocycles. The molecule has 2 rings (SSSR count). The highest BCUT2D eigenvalue weighted by Gasteiger charge is 2.28. The summed E-state index contributed by atoms with van der Waals surface area (Å²) in [6.07, 6.45) is 6.40. The first-order valence-electron chi connectivity index (χ1n) is 7.77. The van der Waals surface area contributed by atoms with Crippen LogP contribution in [0.15, 0.2) is 12.3 Å². The summed E-state index contributed by atoms with van der Waals surface area (Å²) in [5, 5.41) is 10.8. The highest BCUT2D eigenvalue weighted by atomic mass is 16.2. The summed E-state index contributed by atoms with van der Waals surface area (Å²) in [6, 6.07) is 2.57. The van der Waals surface area contributed by atoms with Crippen LogP contribution in [-0.4, -0.2) is 28.8 Å². The monoisotopic (exact) mass is 278 g/mol. The summed E-state index contributed by atoms with van der Waals surface area (Å²) in [7, 11) is 0. The average Bonchev–Trinajstić information content (AvgIpc) is 3.21. The van der Waals surface area contributed by atoms with Gasteiger partial charge in [-0.2, -0.15) is 5.10 Å². The van der Waals surface area contributed by atoms with E-state index < -0.39 is 0 Å². The Morgan fingerprint density at radius 2 is 2.15 bits per heavy atom. The second-order valence-corrected chi connectivity index (χ2v) is 5.50. The van der Waals surface area contributed by atoms with Crippen molar-refractivity contribution >= 4 is 5.91 Å². The fourth-order valence-electron chi connectivity index (χ4n) is 2.32. The molecular formula is C15H26N4O. The molecule has 0 bridgehead atoms. The molecule has 1 heterocycles. The van der Waals surface area contributed by atoms with Gasteiger partial charge in [-0.25, -0.2) is 0 Å². The van der Waals surface area contributed by atoms with Gasteiger partial charge in [0.05, 0.1) is 11.7 Å². The molecule has 20 heavy (non-hydrogen) atoms. The van der Waals surface area contributed by atoms with E-state index in [2.05, 4.69) is 46.5 Å². The van der Waals surface area contributed by atoms with E-state index >= 15 is 0 Å². The van der Waals surface area contributed by atoms with Crippen LogP contribution in [0.4, 0.5) is 0 Å². The molecule has 0 radical (unpaired) electrons. The van der Waals surface area contributed by atoms with Crippen molar-refractivity contribution in [3.63, 3.8) is 0 Å². The summed E-state index contributed by atoms with van der Waals surface area (Å²) < 4.78 is 2.06. The standard InChI is InChI=1S/C15H26N4O/c1-3-14(4-2)19-10-7-13(18-19)11-16-8-9-17-15(20)12-5-6-12/h7,10,12,14,16H,3-6,8-9,11H2,1-2H3,(H,17,20). The Hall–Kier alpha value is -1.36. The van der Waals surface area contributed by atoms with Gasteiger partial charge in [-0.15, -0.1) is 0 Å². The number of nitrogens with zero attached hydrogens (tertiary/aromatic N) is 2. The largest absolute Gasteiger partial charge is 0.355 e. The zero-order valence-electron chi connectivity index (χ0n) is 12.6. The molecule has 1 amide bonds. The highest BCUT2D eigenvalue weighted by Crippen LogP contribution is 2.28. The number of nitrogens with one attached hydrogen (secondary N) is 2. The topological polar surface area (TPSA) is 59.0 Å². The van der Waals surface area contributed by atoms with E-state index in [0.29, 0.717) is 18.5 Å². The molecule has 0 saturated heterocycles. The lowest BCUT2D eigenvalue weighted by Gasteiger charge is -2.12. The van der Waals surface area contributed by atoms with E-state index in [1.54, 1.807) is 0 Å². The van der Waals surface area contributed by atoms with E-state index in [9.17, 15) is 4.79 Å². The molecule has 1 aromatic heterocycles. The van der Waals surface area contributed by atoms with Gasteiger partial charge in [0.2, 0.25) is 5.91 Å². The van der Waals surface area contributed by atoms with Crippen molar-refractivity contribution in [3.05, 3.63) is 18.0 Å². The van der Waals surface area contributed by atoms with Crippen molar-refractivity contribution in [3.8, 4) is 0 Å². The Morgan fingerprint density at radius 1 is 1.40 bits per heavy atom. The second-order valence-electron chi connectivity index (χ2n) is 5.50. The Bertz CT molecular complexity index is 421. The van der Waals surface area contributed by atoms with E-state index in [1.165, 1.54) is 0 Å². The molecule has 112 valence electrons. The van der Waals surface area contributed by atoms with Crippen molar-refractivity contribution in [2.45, 2.75) is 52.1 Å². The third kappa shape index (κ3) is 4.34. The average molecular weight is 278 g/mol. The predicted octanol–water partition coefficient (Wildman–Crippen LogP) is 1.86. The van der Waals surface area contributed by atoms with E-state index in [4.69, 9.17) is 0 Å². The third-order valence-corrected chi connectivity index (χ3v) is 3.84. The minimum Gasteiger partial charge on any atom is -0.355 e. The molecule has 5 nitrogen and oxygen atoms in total. The van der Waals surface area contributed by atoms with Crippen LogP contribution in [0.5, 0.6) is 0 Å². The Morgan fingerprint density at radius 3 is 2.80 bits per heavy atom. The molecule has 1 aliphatic rings. The molecular weight excluding hydrogens is 252 g/mol. The summed E-state index contributed by atoms with van der Waals surface area (Å²) in [5.41, 5.74) is 1.06. The summed E-state index contributed by atoms with van der Waals surface area (Å²) >= 11 is 0. The summed E-state index contributed by atoms with van der Waals surface area (Å²) in [5.74, 6) is 0.510. The molecule has 2 N–H and O–H groups in total. The minimum atomic E-state index is 0.213. The number of amides is 1. The van der Waals surface area contributed by atoms with Crippen molar-refractivity contribution in [2.24, 2.45) is 5.92 Å². The first-order chi connectivity index (χ1) is 9.74. The van der Waals surface area contributed by atoms with Gasteiger partial charge in [0.25, 0.3) is 0 Å². The van der Waals surface area contributed by atoms with Crippen LogP contribution in [0.2, 0.25) is 0 Å². The van der Waals surface area contributed by atoms with Gasteiger partial charge in [-0.05, 0) is 31.7 Å². The van der Waals surface area contributed by atoms with Crippen LogP contribution in [0.25, 0.3) is 0 Å². The molecule has 0 atom stereocenters. The van der Waals surface area contributed by atoms with Crippen molar-refractivity contribution < 1.29 is 4.79 Å². The maximum Gasteiger partial charge on any atom is 0.223 e. The number of aromatic nitrogens is 2. The maximum absolute atomic E-state index is 11.4. The van der Waals surface area contributed by atoms with Gasteiger partial charge in [0.1, 0.15) is 0 Å². The van der Waals surface area contributed by atoms with Crippen LogP contribution < -0.4 is 10.6 Å². The number of carbonyl (C=O) groups excluding carboxylic acids is 1. The number of rotatable bonds is 9. The lowest BCUT2D eigenvalue weighted by atomic mass is 10.2. The maximum atomic E-state index is 11.4. The fourth-order valence-corrected chi connectivity index (χ4v) is 2.32. The highest BCUT2D eigenvalue weighted by molar-refractivity contribution is 5.80. The van der Waals surface area contributed by atoms with Gasteiger partial charge < -0.3 is 10.6 Å². The van der Waals surface area contributed by atoms with Crippen LogP contribution in [0.3, 0.4) is 0 Å². The van der Waals surface area contributed by atoms with Crippen molar-refractivity contribution in [2.75, 3.05) is 13.1 Å². The van der Waals surface area contributed by atoms with Crippen LogP contribution in [0, 0.1) is 5.92 Å². The zero-order chi connectivity index (χ0) is 14.4. The van der Waals surface area contributed by atoms with Crippen LogP contribution >= 0.6 is 0 Å². The van der Waals surface area contributed by atoms with Gasteiger partial charge in [-0.3, -0.25) is 9.48 Å². The predicted molar refractivity (Wildman–Crippen MR) is 79.3 cm³/mol. The van der Waals surface area contributed by atoms with Gasteiger partial charge in [-0.1, -0.05) is 13.8 Å². The number of carbonyl (C=O) groups is 1. The number of hydrogen-bond acceptors (Lipinski definition) is 3. The zero-order valence-corrected chi connectivity index (χ0v) is 12.6. The fraction of sp³-hybridized carbons (Fsp3) is 0.733.